The van der Waals surface area contributed by atoms with Gasteiger partial charge in [-0.15, -0.1) is 0 Å². The minimum absolute atomic E-state index is 0.351. The molecular formula is C15H28OS. The fourth-order valence-electron chi connectivity index (χ4n) is 2.41. The Hall–Kier alpha value is 0.0200. The van der Waals surface area contributed by atoms with Crippen molar-refractivity contribution in [1.29, 1.82) is 0 Å². The van der Waals surface area contributed by atoms with E-state index in [4.69, 9.17) is 0 Å². The summed E-state index contributed by atoms with van der Waals surface area (Å²) >= 11 is 1.92. The van der Waals surface area contributed by atoms with Crippen LogP contribution in [-0.4, -0.2) is 16.8 Å². The molecular weight excluding hydrogens is 228 g/mol. The van der Waals surface area contributed by atoms with E-state index in [-0.39, 0.29) is 0 Å². The summed E-state index contributed by atoms with van der Waals surface area (Å²) in [6.45, 7) is 2.26. The molecule has 0 amide bonds. The van der Waals surface area contributed by atoms with Gasteiger partial charge < -0.3 is 0 Å². The second-order valence-electron chi connectivity index (χ2n) is 5.19. The van der Waals surface area contributed by atoms with Crippen LogP contribution >= 0.6 is 11.8 Å². The van der Waals surface area contributed by atoms with Gasteiger partial charge in [-0.25, -0.2) is 0 Å². The number of hydrogen-bond donors (Lipinski definition) is 0. The van der Waals surface area contributed by atoms with Crippen molar-refractivity contribution in [2.45, 2.75) is 82.8 Å². The monoisotopic (exact) mass is 256 g/mol. The fourth-order valence-corrected chi connectivity index (χ4v) is 3.70. The van der Waals surface area contributed by atoms with Gasteiger partial charge in [-0.3, -0.25) is 4.79 Å². The van der Waals surface area contributed by atoms with Gasteiger partial charge in [-0.1, -0.05) is 51.9 Å². The molecule has 2 heteroatoms. The Balaban J connectivity index is 1.88. The number of hydrogen-bond acceptors (Lipinski definition) is 2. The molecule has 0 aromatic rings. The zero-order chi connectivity index (χ0) is 12.3. The molecule has 1 unspecified atom stereocenters. The molecule has 0 heterocycles. The SMILES string of the molecule is CCCCCCCCCSC1CCCCC1=O. The first-order valence-electron chi connectivity index (χ1n) is 7.49. The number of rotatable bonds is 9. The third kappa shape index (κ3) is 7.13. The Bertz CT molecular complexity index is 203. The molecule has 1 nitrogen and oxygen atoms in total. The number of carbonyl (C=O) groups excluding carboxylic acids is 1. The summed E-state index contributed by atoms with van der Waals surface area (Å²) in [4.78, 5) is 11.6. The van der Waals surface area contributed by atoms with Gasteiger partial charge in [0.1, 0.15) is 5.78 Å². The molecule has 1 saturated carbocycles. The third-order valence-electron chi connectivity index (χ3n) is 3.57. The normalized spacial score (nSPS) is 20.8. The Labute approximate surface area is 111 Å². The van der Waals surface area contributed by atoms with Crippen LogP contribution in [0.3, 0.4) is 0 Å². The van der Waals surface area contributed by atoms with Crippen LogP contribution < -0.4 is 0 Å². The van der Waals surface area contributed by atoms with Crippen LogP contribution in [0.15, 0.2) is 0 Å². The predicted octanol–water partition coefficient (Wildman–Crippen LogP) is 4.98. The van der Waals surface area contributed by atoms with Crippen LogP contribution in [0, 0.1) is 0 Å². The standard InChI is InChI=1S/C15H28OS/c1-2-3-4-5-6-7-10-13-17-15-12-9-8-11-14(15)16/h15H,2-13H2,1H3. The van der Waals surface area contributed by atoms with Crippen molar-refractivity contribution in [1.82, 2.24) is 0 Å². The van der Waals surface area contributed by atoms with Gasteiger partial charge in [-0.05, 0) is 25.0 Å². The van der Waals surface area contributed by atoms with Crippen molar-refractivity contribution in [3.8, 4) is 0 Å². The molecule has 0 aromatic heterocycles. The first kappa shape index (κ1) is 15.1. The zero-order valence-corrected chi connectivity index (χ0v) is 12.2. The van der Waals surface area contributed by atoms with Crippen molar-refractivity contribution >= 4 is 17.5 Å². The lowest BCUT2D eigenvalue weighted by atomic mass is 9.99. The number of Topliss-reactive ketones (excluding diaryl/α,β-unsaturated/α-hetero) is 1. The summed E-state index contributed by atoms with van der Waals surface area (Å²) < 4.78 is 0. The summed E-state index contributed by atoms with van der Waals surface area (Å²) in [7, 11) is 0. The summed E-state index contributed by atoms with van der Waals surface area (Å²) in [6.07, 6.45) is 14.0. The van der Waals surface area contributed by atoms with Gasteiger partial charge >= 0.3 is 0 Å². The molecule has 0 aromatic carbocycles. The second kappa shape index (κ2) is 9.99. The highest BCUT2D eigenvalue weighted by Gasteiger charge is 2.21. The minimum atomic E-state index is 0.351. The van der Waals surface area contributed by atoms with Crippen molar-refractivity contribution in [3.63, 3.8) is 0 Å². The average molecular weight is 256 g/mol. The molecule has 0 saturated heterocycles. The molecule has 100 valence electrons. The van der Waals surface area contributed by atoms with Gasteiger partial charge in [0.05, 0.1) is 5.25 Å². The fraction of sp³-hybridized carbons (Fsp3) is 0.933. The van der Waals surface area contributed by atoms with E-state index in [1.165, 1.54) is 57.1 Å². The van der Waals surface area contributed by atoms with Crippen molar-refractivity contribution in [2.24, 2.45) is 0 Å². The van der Waals surface area contributed by atoms with Crippen LogP contribution in [0.25, 0.3) is 0 Å². The molecule has 0 bridgehead atoms. The van der Waals surface area contributed by atoms with Crippen molar-refractivity contribution in [2.75, 3.05) is 5.75 Å². The lowest BCUT2D eigenvalue weighted by Crippen LogP contribution is -2.21. The molecule has 1 atom stereocenters. The Morgan fingerprint density at radius 2 is 1.76 bits per heavy atom. The molecule has 1 fully saturated rings. The van der Waals surface area contributed by atoms with Gasteiger partial charge in [0, 0.05) is 6.42 Å². The van der Waals surface area contributed by atoms with E-state index < -0.39 is 0 Å². The van der Waals surface area contributed by atoms with Crippen molar-refractivity contribution < 1.29 is 4.79 Å². The number of ketones is 1. The van der Waals surface area contributed by atoms with Gasteiger partial charge in [-0.2, -0.15) is 11.8 Å². The second-order valence-corrected chi connectivity index (χ2v) is 6.50. The lowest BCUT2D eigenvalue weighted by molar-refractivity contribution is -0.119. The lowest BCUT2D eigenvalue weighted by Gasteiger charge is -2.19. The number of thioether (sulfide) groups is 1. The molecule has 1 rings (SSSR count). The maximum atomic E-state index is 11.6. The molecule has 0 aliphatic heterocycles. The van der Waals surface area contributed by atoms with Crippen LogP contribution in [0.2, 0.25) is 0 Å². The van der Waals surface area contributed by atoms with Crippen LogP contribution in [0.1, 0.15) is 77.6 Å². The van der Waals surface area contributed by atoms with Gasteiger partial charge in [0.25, 0.3) is 0 Å². The summed E-state index contributed by atoms with van der Waals surface area (Å²) in [6, 6.07) is 0. The Morgan fingerprint density at radius 3 is 2.47 bits per heavy atom. The average Bonchev–Trinajstić information content (AvgIpc) is 2.35. The van der Waals surface area contributed by atoms with Gasteiger partial charge in [0.15, 0.2) is 0 Å². The van der Waals surface area contributed by atoms with E-state index in [0.29, 0.717) is 11.0 Å². The maximum absolute atomic E-state index is 11.6. The van der Waals surface area contributed by atoms with E-state index in [1.54, 1.807) is 0 Å². The maximum Gasteiger partial charge on any atom is 0.145 e. The van der Waals surface area contributed by atoms with E-state index in [9.17, 15) is 4.79 Å². The number of unbranched alkanes of at least 4 members (excludes halogenated alkanes) is 6. The van der Waals surface area contributed by atoms with Crippen LogP contribution in [0.4, 0.5) is 0 Å². The smallest absolute Gasteiger partial charge is 0.145 e. The molecule has 0 radical (unpaired) electrons. The van der Waals surface area contributed by atoms with Gasteiger partial charge in [0.2, 0.25) is 0 Å². The highest BCUT2D eigenvalue weighted by Crippen LogP contribution is 2.26. The summed E-state index contributed by atoms with van der Waals surface area (Å²) in [5, 5.41) is 0.351. The number of carbonyl (C=O) groups is 1. The molecule has 1 aliphatic carbocycles. The molecule has 0 N–H and O–H groups in total. The third-order valence-corrected chi connectivity index (χ3v) is 4.99. The predicted molar refractivity (Wildman–Crippen MR) is 77.7 cm³/mol. The first-order valence-corrected chi connectivity index (χ1v) is 8.53. The van der Waals surface area contributed by atoms with Crippen LogP contribution in [0.5, 0.6) is 0 Å². The first-order chi connectivity index (χ1) is 8.34. The highest BCUT2D eigenvalue weighted by molar-refractivity contribution is 8.00. The van der Waals surface area contributed by atoms with Crippen molar-refractivity contribution in [3.05, 3.63) is 0 Å². The summed E-state index contributed by atoms with van der Waals surface area (Å²) in [5.41, 5.74) is 0. The Morgan fingerprint density at radius 1 is 1.06 bits per heavy atom. The largest absolute Gasteiger partial charge is 0.298 e. The summed E-state index contributed by atoms with van der Waals surface area (Å²) in [5.74, 6) is 1.72. The van der Waals surface area contributed by atoms with E-state index in [1.807, 2.05) is 11.8 Å². The quantitative estimate of drug-likeness (QED) is 0.541. The molecule has 0 spiro atoms. The molecule has 1 aliphatic rings. The minimum Gasteiger partial charge on any atom is -0.298 e. The Kier molecular flexibility index (Phi) is 8.86. The highest BCUT2D eigenvalue weighted by atomic mass is 32.2. The molecule has 17 heavy (non-hydrogen) atoms. The van der Waals surface area contributed by atoms with E-state index in [2.05, 4.69) is 6.92 Å². The zero-order valence-electron chi connectivity index (χ0n) is 11.4. The topological polar surface area (TPSA) is 17.1 Å². The van der Waals surface area contributed by atoms with E-state index >= 15 is 0 Å². The van der Waals surface area contributed by atoms with E-state index in [0.717, 1.165) is 19.3 Å². The van der Waals surface area contributed by atoms with Crippen LogP contribution in [-0.2, 0) is 4.79 Å².